The Bertz CT molecular complexity index is 470. The summed E-state index contributed by atoms with van der Waals surface area (Å²) in [5, 5.41) is 6.54. The van der Waals surface area contributed by atoms with Crippen LogP contribution >= 0.6 is 0 Å². The molecule has 0 radical (unpaired) electrons. The molecule has 0 aliphatic heterocycles. The fraction of sp³-hybridized carbons (Fsp3) is 0.200. The molecule has 4 nitrogen and oxygen atoms in total. The molecule has 0 unspecified atom stereocenters. The van der Waals surface area contributed by atoms with Gasteiger partial charge in [-0.2, -0.15) is 5.10 Å². The van der Waals surface area contributed by atoms with E-state index in [9.17, 15) is 4.79 Å². The molecule has 0 spiro atoms. The van der Waals surface area contributed by atoms with Gasteiger partial charge >= 0.3 is 0 Å². The van der Waals surface area contributed by atoms with Gasteiger partial charge in [0.05, 0.1) is 12.7 Å². The molecule has 72 valence electrons. The van der Waals surface area contributed by atoms with Crippen LogP contribution in [0.4, 0.5) is 0 Å². The van der Waals surface area contributed by atoms with Crippen molar-refractivity contribution in [2.75, 3.05) is 0 Å². The van der Waals surface area contributed by atoms with Crippen molar-refractivity contribution in [1.82, 2.24) is 14.8 Å². The van der Waals surface area contributed by atoms with Gasteiger partial charge < -0.3 is 4.57 Å². The first-order valence-electron chi connectivity index (χ1n) is 4.40. The number of nitrogens with one attached hydrogen (secondary N) is 1. The van der Waals surface area contributed by atoms with Gasteiger partial charge in [-0.05, 0) is 18.6 Å². The number of aromatic nitrogens is 3. The van der Waals surface area contributed by atoms with Crippen molar-refractivity contribution >= 4 is 0 Å². The van der Waals surface area contributed by atoms with Gasteiger partial charge in [-0.15, -0.1) is 0 Å². The Kier molecular flexibility index (Phi) is 2.18. The second-order valence-corrected chi connectivity index (χ2v) is 3.28. The fourth-order valence-electron chi connectivity index (χ4n) is 1.30. The molecular formula is C10H11N3O. The molecule has 2 aromatic heterocycles. The van der Waals surface area contributed by atoms with E-state index in [4.69, 9.17) is 0 Å². The van der Waals surface area contributed by atoms with E-state index >= 15 is 0 Å². The smallest absolute Gasteiger partial charge is 0.251 e. The number of rotatable bonds is 2. The lowest BCUT2D eigenvalue weighted by Crippen LogP contribution is -2.18. The zero-order valence-electron chi connectivity index (χ0n) is 7.90. The van der Waals surface area contributed by atoms with Crippen LogP contribution in [0.1, 0.15) is 11.1 Å². The van der Waals surface area contributed by atoms with Gasteiger partial charge in [-0.3, -0.25) is 9.89 Å². The zero-order valence-corrected chi connectivity index (χ0v) is 7.90. The molecule has 0 saturated carbocycles. The average Bonchev–Trinajstić information content (AvgIpc) is 2.62. The number of nitrogens with zero attached hydrogens (tertiary/aromatic N) is 2. The molecule has 0 atom stereocenters. The summed E-state index contributed by atoms with van der Waals surface area (Å²) in [6, 6.07) is 3.54. The van der Waals surface area contributed by atoms with Gasteiger partial charge in [0.25, 0.3) is 5.56 Å². The van der Waals surface area contributed by atoms with Crippen molar-refractivity contribution < 1.29 is 0 Å². The Labute approximate surface area is 81.2 Å². The number of aryl methyl sites for hydroxylation is 1. The van der Waals surface area contributed by atoms with Gasteiger partial charge in [0, 0.05) is 24.0 Å². The van der Waals surface area contributed by atoms with Gasteiger partial charge in [0.15, 0.2) is 0 Å². The van der Waals surface area contributed by atoms with Gasteiger partial charge in [0.1, 0.15) is 0 Å². The van der Waals surface area contributed by atoms with Crippen LogP contribution in [-0.2, 0) is 6.54 Å². The molecule has 2 rings (SSSR count). The molecule has 0 aliphatic carbocycles. The minimum absolute atomic E-state index is 0.0196. The Morgan fingerprint density at radius 3 is 3.07 bits per heavy atom. The first kappa shape index (κ1) is 8.74. The van der Waals surface area contributed by atoms with Crippen molar-refractivity contribution in [3.63, 3.8) is 0 Å². The van der Waals surface area contributed by atoms with Crippen molar-refractivity contribution in [2.24, 2.45) is 0 Å². The zero-order chi connectivity index (χ0) is 9.97. The van der Waals surface area contributed by atoms with Crippen LogP contribution < -0.4 is 5.56 Å². The average molecular weight is 189 g/mol. The highest BCUT2D eigenvalue weighted by molar-refractivity contribution is 5.10. The van der Waals surface area contributed by atoms with Crippen molar-refractivity contribution in [3.8, 4) is 0 Å². The van der Waals surface area contributed by atoms with Crippen LogP contribution in [0, 0.1) is 6.92 Å². The summed E-state index contributed by atoms with van der Waals surface area (Å²) in [6.07, 6.45) is 5.29. The third-order valence-corrected chi connectivity index (χ3v) is 2.06. The Balaban J connectivity index is 2.30. The van der Waals surface area contributed by atoms with Crippen LogP contribution in [0.25, 0.3) is 0 Å². The van der Waals surface area contributed by atoms with Crippen molar-refractivity contribution in [2.45, 2.75) is 13.5 Å². The van der Waals surface area contributed by atoms with Crippen LogP contribution in [-0.4, -0.2) is 14.8 Å². The third-order valence-electron chi connectivity index (χ3n) is 2.06. The van der Waals surface area contributed by atoms with E-state index in [2.05, 4.69) is 10.2 Å². The fourth-order valence-corrected chi connectivity index (χ4v) is 1.30. The number of aromatic amines is 1. The number of H-pyrrole nitrogens is 1. The van der Waals surface area contributed by atoms with Gasteiger partial charge in [-0.25, -0.2) is 0 Å². The first-order valence-corrected chi connectivity index (χ1v) is 4.40. The Morgan fingerprint density at radius 1 is 1.57 bits per heavy atom. The van der Waals surface area contributed by atoms with E-state index in [-0.39, 0.29) is 5.56 Å². The Hall–Kier alpha value is -1.84. The largest absolute Gasteiger partial charge is 0.311 e. The van der Waals surface area contributed by atoms with E-state index in [1.807, 2.05) is 13.0 Å². The van der Waals surface area contributed by atoms with Crippen LogP contribution in [0.15, 0.2) is 35.5 Å². The lowest BCUT2D eigenvalue weighted by Gasteiger charge is -2.02. The van der Waals surface area contributed by atoms with Crippen molar-refractivity contribution in [1.29, 1.82) is 0 Å². The van der Waals surface area contributed by atoms with Gasteiger partial charge in [0.2, 0.25) is 0 Å². The normalized spacial score (nSPS) is 10.4. The van der Waals surface area contributed by atoms with Crippen molar-refractivity contribution in [3.05, 3.63) is 52.2 Å². The standard InChI is InChI=1S/C10H11N3O/c1-8-2-3-13(10(14)4-8)7-9-5-11-12-6-9/h2-6H,7H2,1H3,(H,11,12). The highest BCUT2D eigenvalue weighted by atomic mass is 16.1. The summed E-state index contributed by atoms with van der Waals surface area (Å²) in [5.41, 5.74) is 2.00. The van der Waals surface area contributed by atoms with E-state index in [0.717, 1.165) is 11.1 Å². The second-order valence-electron chi connectivity index (χ2n) is 3.28. The summed E-state index contributed by atoms with van der Waals surface area (Å²) in [6.45, 7) is 2.47. The topological polar surface area (TPSA) is 50.7 Å². The molecule has 2 aromatic rings. The maximum Gasteiger partial charge on any atom is 0.251 e. The SMILES string of the molecule is Cc1ccn(Cc2cn[nH]c2)c(=O)c1. The molecule has 4 heteroatoms. The molecule has 0 saturated heterocycles. The number of hydrogen-bond donors (Lipinski definition) is 1. The molecule has 0 bridgehead atoms. The first-order chi connectivity index (χ1) is 6.75. The van der Waals surface area contributed by atoms with E-state index in [0.29, 0.717) is 6.54 Å². The summed E-state index contributed by atoms with van der Waals surface area (Å²) in [4.78, 5) is 11.5. The molecular weight excluding hydrogens is 178 g/mol. The highest BCUT2D eigenvalue weighted by Gasteiger charge is 1.98. The summed E-state index contributed by atoms with van der Waals surface area (Å²) >= 11 is 0. The minimum atomic E-state index is 0.0196. The maximum absolute atomic E-state index is 11.5. The molecule has 2 heterocycles. The van der Waals surface area contributed by atoms with Crippen LogP contribution in [0.2, 0.25) is 0 Å². The molecule has 1 N–H and O–H groups in total. The lowest BCUT2D eigenvalue weighted by molar-refractivity contribution is 0.757. The molecule has 14 heavy (non-hydrogen) atoms. The Morgan fingerprint density at radius 2 is 2.43 bits per heavy atom. The predicted molar refractivity (Wildman–Crippen MR) is 53.1 cm³/mol. The molecule has 0 fully saturated rings. The highest BCUT2D eigenvalue weighted by Crippen LogP contribution is 1.97. The maximum atomic E-state index is 11.5. The second kappa shape index (κ2) is 3.49. The van der Waals surface area contributed by atoms with E-state index in [1.54, 1.807) is 29.2 Å². The van der Waals surface area contributed by atoms with Crippen LogP contribution in [0.3, 0.4) is 0 Å². The molecule has 0 amide bonds. The number of hydrogen-bond acceptors (Lipinski definition) is 2. The number of pyridine rings is 1. The van der Waals surface area contributed by atoms with Gasteiger partial charge in [-0.1, -0.05) is 0 Å². The van der Waals surface area contributed by atoms with Crippen LogP contribution in [0.5, 0.6) is 0 Å². The lowest BCUT2D eigenvalue weighted by atomic mass is 10.3. The third kappa shape index (κ3) is 1.74. The molecule has 0 aliphatic rings. The monoisotopic (exact) mass is 189 g/mol. The predicted octanol–water partition coefficient (Wildman–Crippen LogP) is 0.928. The quantitative estimate of drug-likeness (QED) is 0.764. The van der Waals surface area contributed by atoms with E-state index < -0.39 is 0 Å². The summed E-state index contributed by atoms with van der Waals surface area (Å²) in [5.74, 6) is 0. The summed E-state index contributed by atoms with van der Waals surface area (Å²) < 4.78 is 1.65. The summed E-state index contributed by atoms with van der Waals surface area (Å²) in [7, 11) is 0. The minimum Gasteiger partial charge on any atom is -0.311 e. The van der Waals surface area contributed by atoms with E-state index in [1.165, 1.54) is 0 Å². The molecule has 0 aromatic carbocycles.